The molecule has 27 heavy (non-hydrogen) atoms. The molecule has 0 fully saturated rings. The molecule has 4 rings (SSSR count). The van der Waals surface area contributed by atoms with Gasteiger partial charge in [-0.2, -0.15) is 0 Å². The molecule has 5 nitrogen and oxygen atoms in total. The summed E-state index contributed by atoms with van der Waals surface area (Å²) in [6, 6.07) is 14.8. The first-order valence-corrected chi connectivity index (χ1v) is 9.53. The van der Waals surface area contributed by atoms with Crippen molar-refractivity contribution < 1.29 is 0 Å². The fourth-order valence-electron chi connectivity index (χ4n) is 3.64. The van der Waals surface area contributed by atoms with Gasteiger partial charge in [-0.15, -0.1) is 0 Å². The average molecular weight is 359 g/mol. The molecule has 3 heterocycles. The van der Waals surface area contributed by atoms with E-state index in [1.54, 1.807) is 0 Å². The topological polar surface area (TPSA) is 68.8 Å². The Morgan fingerprint density at radius 3 is 2.63 bits per heavy atom. The maximum Gasteiger partial charge on any atom is 0.0784 e. The molecule has 1 aromatic carbocycles. The van der Waals surface area contributed by atoms with Crippen LogP contribution in [0.15, 0.2) is 61.1 Å². The highest BCUT2D eigenvalue weighted by Gasteiger charge is 2.14. The molecule has 0 saturated carbocycles. The first-order valence-electron chi connectivity index (χ1n) is 9.53. The van der Waals surface area contributed by atoms with Gasteiger partial charge in [0.05, 0.1) is 11.2 Å². The maximum atomic E-state index is 5.58. The van der Waals surface area contributed by atoms with Crippen molar-refractivity contribution in [3.63, 3.8) is 0 Å². The van der Waals surface area contributed by atoms with E-state index in [1.165, 1.54) is 27.4 Å². The standard InChI is InChI=1S/C22H25N5/c23-10-3-4-11-25-15-20-22-19(9-14-26-20)18-5-1-2-6-21(18)27(22)16-17-7-12-24-13-8-17/h1-2,5-9,12-14,25H,3-4,10-11,15-16,23H2. The number of nitrogens with one attached hydrogen (secondary N) is 1. The minimum Gasteiger partial charge on any atom is -0.334 e. The Morgan fingerprint density at radius 2 is 1.78 bits per heavy atom. The molecular formula is C22H25N5. The molecular weight excluding hydrogens is 334 g/mol. The van der Waals surface area contributed by atoms with Gasteiger partial charge in [0.2, 0.25) is 0 Å². The maximum absolute atomic E-state index is 5.58. The van der Waals surface area contributed by atoms with E-state index in [0.29, 0.717) is 0 Å². The Kier molecular flexibility index (Phi) is 5.42. The highest BCUT2D eigenvalue weighted by molar-refractivity contribution is 6.08. The molecule has 0 saturated heterocycles. The minimum absolute atomic E-state index is 0.746. The van der Waals surface area contributed by atoms with Crippen LogP contribution in [0.3, 0.4) is 0 Å². The van der Waals surface area contributed by atoms with E-state index in [-0.39, 0.29) is 0 Å². The second-order valence-electron chi connectivity index (χ2n) is 6.79. The lowest BCUT2D eigenvalue weighted by molar-refractivity contribution is 0.621. The van der Waals surface area contributed by atoms with E-state index in [1.807, 2.05) is 18.6 Å². The molecule has 4 aromatic rings. The predicted octanol–water partition coefficient (Wildman–Crippen LogP) is 3.46. The van der Waals surface area contributed by atoms with Gasteiger partial charge in [-0.25, -0.2) is 0 Å². The third-order valence-electron chi connectivity index (χ3n) is 4.95. The molecule has 138 valence electrons. The van der Waals surface area contributed by atoms with Crippen molar-refractivity contribution in [1.29, 1.82) is 0 Å². The van der Waals surface area contributed by atoms with Crippen LogP contribution in [-0.4, -0.2) is 27.6 Å². The minimum atomic E-state index is 0.746. The lowest BCUT2D eigenvalue weighted by Gasteiger charge is -2.11. The van der Waals surface area contributed by atoms with Gasteiger partial charge in [0.1, 0.15) is 0 Å². The first kappa shape index (κ1) is 17.6. The molecule has 0 aliphatic rings. The van der Waals surface area contributed by atoms with E-state index < -0.39 is 0 Å². The molecule has 0 aliphatic carbocycles. The summed E-state index contributed by atoms with van der Waals surface area (Å²) in [5, 5.41) is 6.05. The third kappa shape index (κ3) is 3.70. The monoisotopic (exact) mass is 359 g/mol. The summed E-state index contributed by atoms with van der Waals surface area (Å²) in [6.07, 6.45) is 7.75. The second kappa shape index (κ2) is 8.29. The van der Waals surface area contributed by atoms with E-state index in [4.69, 9.17) is 10.7 Å². The van der Waals surface area contributed by atoms with Crippen molar-refractivity contribution in [3.05, 3.63) is 72.3 Å². The molecule has 5 heteroatoms. The van der Waals surface area contributed by atoms with E-state index in [0.717, 1.165) is 44.7 Å². The van der Waals surface area contributed by atoms with Gasteiger partial charge in [0, 0.05) is 48.0 Å². The second-order valence-corrected chi connectivity index (χ2v) is 6.79. The van der Waals surface area contributed by atoms with E-state index in [2.05, 4.69) is 57.3 Å². The van der Waals surface area contributed by atoms with Crippen molar-refractivity contribution in [2.24, 2.45) is 5.73 Å². The van der Waals surface area contributed by atoms with Gasteiger partial charge < -0.3 is 15.6 Å². The molecule has 0 radical (unpaired) electrons. The Balaban J connectivity index is 1.76. The molecule has 0 bridgehead atoms. The van der Waals surface area contributed by atoms with Crippen molar-refractivity contribution in [2.75, 3.05) is 13.1 Å². The van der Waals surface area contributed by atoms with Crippen LogP contribution in [0.2, 0.25) is 0 Å². The lowest BCUT2D eigenvalue weighted by Crippen LogP contribution is -2.17. The molecule has 0 atom stereocenters. The van der Waals surface area contributed by atoms with Crippen LogP contribution in [0, 0.1) is 0 Å². The predicted molar refractivity (Wildman–Crippen MR) is 111 cm³/mol. The molecule has 0 spiro atoms. The SMILES string of the molecule is NCCCCNCc1nccc2c3ccccc3n(Cc3ccncc3)c12. The molecule has 3 aromatic heterocycles. The lowest BCUT2D eigenvalue weighted by atomic mass is 10.1. The van der Waals surface area contributed by atoms with E-state index in [9.17, 15) is 0 Å². The van der Waals surface area contributed by atoms with Gasteiger partial charge in [-0.05, 0) is 55.8 Å². The number of hydrogen-bond donors (Lipinski definition) is 2. The fraction of sp³-hybridized carbons (Fsp3) is 0.273. The number of fused-ring (bicyclic) bond motifs is 3. The van der Waals surface area contributed by atoms with Gasteiger partial charge in [-0.3, -0.25) is 9.97 Å². The van der Waals surface area contributed by atoms with Crippen LogP contribution in [0.5, 0.6) is 0 Å². The van der Waals surface area contributed by atoms with Gasteiger partial charge >= 0.3 is 0 Å². The van der Waals surface area contributed by atoms with Gasteiger partial charge in [0.25, 0.3) is 0 Å². The number of rotatable bonds is 8. The van der Waals surface area contributed by atoms with Crippen molar-refractivity contribution in [3.8, 4) is 0 Å². The summed E-state index contributed by atoms with van der Waals surface area (Å²) in [4.78, 5) is 8.84. The summed E-state index contributed by atoms with van der Waals surface area (Å²) in [6.45, 7) is 3.27. The highest BCUT2D eigenvalue weighted by Crippen LogP contribution is 2.31. The summed E-state index contributed by atoms with van der Waals surface area (Å²) >= 11 is 0. The third-order valence-corrected chi connectivity index (χ3v) is 4.95. The average Bonchev–Trinajstić information content (AvgIpc) is 3.03. The summed E-state index contributed by atoms with van der Waals surface area (Å²) in [5.74, 6) is 0. The zero-order valence-electron chi connectivity index (χ0n) is 15.4. The Bertz CT molecular complexity index is 1020. The van der Waals surface area contributed by atoms with Crippen molar-refractivity contribution >= 4 is 21.8 Å². The number of unbranched alkanes of at least 4 members (excludes halogenated alkanes) is 1. The number of pyridine rings is 2. The number of para-hydroxylation sites is 1. The van der Waals surface area contributed by atoms with E-state index >= 15 is 0 Å². The van der Waals surface area contributed by atoms with Crippen LogP contribution >= 0.6 is 0 Å². The van der Waals surface area contributed by atoms with Crippen LogP contribution in [0.25, 0.3) is 21.8 Å². The Labute approximate surface area is 159 Å². The van der Waals surface area contributed by atoms with Gasteiger partial charge in [0.15, 0.2) is 0 Å². The number of benzene rings is 1. The first-order chi connectivity index (χ1) is 13.4. The molecule has 0 unspecified atom stereocenters. The highest BCUT2D eigenvalue weighted by atomic mass is 15.0. The number of hydrogen-bond acceptors (Lipinski definition) is 4. The smallest absolute Gasteiger partial charge is 0.0784 e. The van der Waals surface area contributed by atoms with Gasteiger partial charge in [-0.1, -0.05) is 18.2 Å². The van der Waals surface area contributed by atoms with Crippen LogP contribution in [0.1, 0.15) is 24.1 Å². The zero-order chi connectivity index (χ0) is 18.5. The fourth-order valence-corrected chi connectivity index (χ4v) is 3.64. The van der Waals surface area contributed by atoms with Crippen LogP contribution in [0.4, 0.5) is 0 Å². The molecule has 0 amide bonds. The van der Waals surface area contributed by atoms with Crippen LogP contribution < -0.4 is 11.1 Å². The summed E-state index contributed by atoms with van der Waals surface area (Å²) in [5.41, 5.74) is 10.4. The largest absolute Gasteiger partial charge is 0.334 e. The molecule has 3 N–H and O–H groups in total. The summed E-state index contributed by atoms with van der Waals surface area (Å²) in [7, 11) is 0. The van der Waals surface area contributed by atoms with Crippen LogP contribution in [-0.2, 0) is 13.1 Å². The quantitative estimate of drug-likeness (QED) is 0.473. The van der Waals surface area contributed by atoms with Crippen molar-refractivity contribution in [1.82, 2.24) is 19.9 Å². The number of aromatic nitrogens is 3. The van der Waals surface area contributed by atoms with Crippen molar-refractivity contribution in [2.45, 2.75) is 25.9 Å². The number of nitrogens with zero attached hydrogens (tertiary/aromatic N) is 3. The Morgan fingerprint density at radius 1 is 0.926 bits per heavy atom. The number of nitrogens with two attached hydrogens (primary N) is 1. The molecule has 0 aliphatic heterocycles. The summed E-state index contributed by atoms with van der Waals surface area (Å²) < 4.78 is 2.38. The normalized spacial score (nSPS) is 11.4. The Hall–Kier alpha value is -2.76. The zero-order valence-corrected chi connectivity index (χ0v) is 15.4.